The van der Waals surface area contributed by atoms with Crippen molar-refractivity contribution >= 4 is 10.0 Å². The molecule has 2 aliphatic rings. The van der Waals surface area contributed by atoms with Crippen molar-refractivity contribution in [3.63, 3.8) is 0 Å². The van der Waals surface area contributed by atoms with E-state index in [4.69, 9.17) is 0 Å². The number of sulfonamides is 1. The molecule has 138 valence electrons. The van der Waals surface area contributed by atoms with Crippen LogP contribution in [0.5, 0.6) is 0 Å². The molecule has 0 spiro atoms. The van der Waals surface area contributed by atoms with E-state index in [0.29, 0.717) is 23.3 Å². The zero-order chi connectivity index (χ0) is 18.1. The van der Waals surface area contributed by atoms with E-state index < -0.39 is 10.0 Å². The Morgan fingerprint density at radius 2 is 1.73 bits per heavy atom. The Morgan fingerprint density at radius 3 is 2.46 bits per heavy atom. The van der Waals surface area contributed by atoms with Gasteiger partial charge in [0, 0.05) is 12.6 Å². The molecule has 2 aromatic rings. The van der Waals surface area contributed by atoms with Crippen LogP contribution in [0.3, 0.4) is 0 Å². The summed E-state index contributed by atoms with van der Waals surface area (Å²) < 4.78 is 28.3. The second kappa shape index (κ2) is 7.16. The third-order valence-electron chi connectivity index (χ3n) is 6.21. The molecule has 4 heteroatoms. The van der Waals surface area contributed by atoms with Crippen molar-refractivity contribution in [2.75, 3.05) is 6.54 Å². The van der Waals surface area contributed by atoms with E-state index in [-0.39, 0.29) is 6.04 Å². The molecular formula is C22H27NO2S. The number of piperidine rings is 1. The smallest absolute Gasteiger partial charge is 0.207 e. The average molecular weight is 370 g/mol. The first kappa shape index (κ1) is 17.7. The van der Waals surface area contributed by atoms with Gasteiger partial charge in [-0.1, -0.05) is 48.0 Å². The summed E-state index contributed by atoms with van der Waals surface area (Å²) in [4.78, 5) is 0.440. The monoisotopic (exact) mass is 369 g/mol. The molecule has 1 saturated heterocycles. The van der Waals surface area contributed by atoms with Crippen LogP contribution < -0.4 is 0 Å². The molecule has 0 amide bonds. The summed E-state index contributed by atoms with van der Waals surface area (Å²) >= 11 is 0. The van der Waals surface area contributed by atoms with Crippen LogP contribution in [0.2, 0.25) is 0 Å². The fourth-order valence-corrected chi connectivity index (χ4v) is 6.40. The number of hydrogen-bond donors (Lipinski definition) is 0. The van der Waals surface area contributed by atoms with Crippen LogP contribution in [0, 0.1) is 18.8 Å². The van der Waals surface area contributed by atoms with Crippen LogP contribution in [-0.4, -0.2) is 25.3 Å². The van der Waals surface area contributed by atoms with Gasteiger partial charge in [-0.3, -0.25) is 0 Å². The van der Waals surface area contributed by atoms with Crippen molar-refractivity contribution in [1.82, 2.24) is 4.31 Å². The molecular weight excluding hydrogens is 342 g/mol. The molecule has 4 rings (SSSR count). The molecule has 2 fully saturated rings. The molecule has 26 heavy (non-hydrogen) atoms. The van der Waals surface area contributed by atoms with Gasteiger partial charge in [0.1, 0.15) is 0 Å². The van der Waals surface area contributed by atoms with E-state index in [1.54, 1.807) is 12.1 Å². The summed E-state index contributed by atoms with van der Waals surface area (Å²) in [5.74, 6) is 1.15. The first-order chi connectivity index (χ1) is 12.5. The van der Waals surface area contributed by atoms with E-state index in [0.717, 1.165) is 31.2 Å². The molecule has 2 bridgehead atoms. The Hall–Kier alpha value is -1.65. The van der Waals surface area contributed by atoms with Crippen LogP contribution in [0.4, 0.5) is 0 Å². The maximum Gasteiger partial charge on any atom is 0.243 e. The van der Waals surface area contributed by atoms with Crippen LogP contribution in [0.25, 0.3) is 0 Å². The van der Waals surface area contributed by atoms with Gasteiger partial charge >= 0.3 is 0 Å². The minimum absolute atomic E-state index is 0.194. The molecule has 1 aliphatic heterocycles. The lowest BCUT2D eigenvalue weighted by Crippen LogP contribution is -2.46. The second-order valence-electron chi connectivity index (χ2n) is 7.90. The lowest BCUT2D eigenvalue weighted by atomic mass is 9.84. The van der Waals surface area contributed by atoms with Gasteiger partial charge < -0.3 is 0 Å². The first-order valence-corrected chi connectivity index (χ1v) is 11.1. The lowest BCUT2D eigenvalue weighted by molar-refractivity contribution is 0.176. The Balaban J connectivity index is 1.52. The van der Waals surface area contributed by atoms with Crippen LogP contribution >= 0.6 is 0 Å². The van der Waals surface area contributed by atoms with Crippen LogP contribution in [0.15, 0.2) is 59.5 Å². The fourth-order valence-electron chi connectivity index (χ4n) is 4.67. The third kappa shape index (κ3) is 3.45. The maximum absolute atomic E-state index is 13.2. The molecule has 3 unspecified atom stereocenters. The summed E-state index contributed by atoms with van der Waals surface area (Å²) in [6.45, 7) is 2.66. The summed E-state index contributed by atoms with van der Waals surface area (Å²) in [6.07, 6.45) is 5.32. The molecule has 0 radical (unpaired) electrons. The number of benzene rings is 2. The quantitative estimate of drug-likeness (QED) is 0.782. The van der Waals surface area contributed by atoms with Crippen molar-refractivity contribution in [2.45, 2.75) is 50.0 Å². The summed E-state index contributed by atoms with van der Waals surface area (Å²) in [7, 11) is -3.40. The van der Waals surface area contributed by atoms with Gasteiger partial charge in [-0.05, 0) is 68.6 Å². The summed E-state index contributed by atoms with van der Waals surface area (Å²) in [5, 5.41) is 0. The predicted octanol–water partition coefficient (Wildman–Crippen LogP) is 4.42. The van der Waals surface area contributed by atoms with E-state index in [1.165, 1.54) is 12.0 Å². The largest absolute Gasteiger partial charge is 0.243 e. The van der Waals surface area contributed by atoms with E-state index >= 15 is 0 Å². The molecule has 2 aromatic carbocycles. The van der Waals surface area contributed by atoms with Crippen LogP contribution in [-0.2, 0) is 16.4 Å². The zero-order valence-electron chi connectivity index (χ0n) is 15.3. The normalized spacial score (nSPS) is 26.1. The van der Waals surface area contributed by atoms with Crippen molar-refractivity contribution < 1.29 is 8.42 Å². The Morgan fingerprint density at radius 1 is 1.00 bits per heavy atom. The van der Waals surface area contributed by atoms with Gasteiger partial charge in [0.25, 0.3) is 0 Å². The SMILES string of the molecule is Cc1ccc(S(=O)(=O)N2CC(CCc3ccccc3)C3CCC2C3)cc1. The van der Waals surface area contributed by atoms with Crippen molar-refractivity contribution in [3.05, 3.63) is 65.7 Å². The van der Waals surface area contributed by atoms with Gasteiger partial charge in [0.05, 0.1) is 4.90 Å². The highest BCUT2D eigenvalue weighted by atomic mass is 32.2. The number of aryl methyl sites for hydroxylation is 2. The lowest BCUT2D eigenvalue weighted by Gasteiger charge is -2.37. The van der Waals surface area contributed by atoms with Gasteiger partial charge in [-0.15, -0.1) is 0 Å². The van der Waals surface area contributed by atoms with Crippen molar-refractivity contribution in [3.8, 4) is 0 Å². The molecule has 1 aliphatic carbocycles. The highest BCUT2D eigenvalue weighted by Crippen LogP contribution is 2.43. The van der Waals surface area contributed by atoms with E-state index in [9.17, 15) is 8.42 Å². The third-order valence-corrected chi connectivity index (χ3v) is 8.14. The van der Waals surface area contributed by atoms with E-state index in [2.05, 4.69) is 24.3 Å². The topological polar surface area (TPSA) is 37.4 Å². The van der Waals surface area contributed by atoms with Gasteiger partial charge in [0.15, 0.2) is 0 Å². The molecule has 1 saturated carbocycles. The average Bonchev–Trinajstić information content (AvgIpc) is 3.06. The highest BCUT2D eigenvalue weighted by molar-refractivity contribution is 7.89. The molecule has 3 nitrogen and oxygen atoms in total. The standard InChI is InChI=1S/C22H27NO2S/c1-17-7-13-22(14-8-17)26(24,25)23-16-20(19-11-12-21(23)15-19)10-9-18-5-3-2-4-6-18/h2-8,13-14,19-21H,9-12,15-16H2,1H3. The maximum atomic E-state index is 13.2. The number of nitrogens with zero attached hydrogens (tertiary/aromatic N) is 1. The fraction of sp³-hybridized carbons (Fsp3) is 0.455. The molecule has 0 aromatic heterocycles. The Kier molecular flexibility index (Phi) is 4.89. The minimum Gasteiger partial charge on any atom is -0.207 e. The van der Waals surface area contributed by atoms with E-state index in [1.807, 2.05) is 29.4 Å². The highest BCUT2D eigenvalue weighted by Gasteiger charge is 2.45. The molecule has 1 heterocycles. The minimum atomic E-state index is -3.40. The summed E-state index contributed by atoms with van der Waals surface area (Å²) in [6, 6.07) is 18.0. The van der Waals surface area contributed by atoms with Crippen LogP contribution in [0.1, 0.15) is 36.8 Å². The van der Waals surface area contributed by atoms with Crippen molar-refractivity contribution in [2.24, 2.45) is 11.8 Å². The molecule has 0 N–H and O–H groups in total. The number of rotatable bonds is 5. The van der Waals surface area contributed by atoms with Gasteiger partial charge in [0.2, 0.25) is 10.0 Å². The Bertz CT molecular complexity index is 845. The zero-order valence-corrected chi connectivity index (χ0v) is 16.2. The number of hydrogen-bond acceptors (Lipinski definition) is 2. The van der Waals surface area contributed by atoms with Crippen molar-refractivity contribution in [1.29, 1.82) is 0 Å². The van der Waals surface area contributed by atoms with Gasteiger partial charge in [-0.25, -0.2) is 8.42 Å². The summed E-state index contributed by atoms with van der Waals surface area (Å²) in [5.41, 5.74) is 2.44. The number of fused-ring (bicyclic) bond motifs is 2. The Labute approximate surface area is 157 Å². The molecule has 3 atom stereocenters. The predicted molar refractivity (Wildman–Crippen MR) is 104 cm³/mol. The van der Waals surface area contributed by atoms with Gasteiger partial charge in [-0.2, -0.15) is 4.31 Å². The second-order valence-corrected chi connectivity index (χ2v) is 9.79. The first-order valence-electron chi connectivity index (χ1n) is 9.66.